The average Bonchev–Trinajstić information content (AvgIpc) is 1.93. The fraction of sp³-hybridized carbons (Fsp3) is 1.00. The molecule has 0 atom stereocenters. The maximum atomic E-state index is 8.44. The fourth-order valence-corrected chi connectivity index (χ4v) is 0.416. The molecule has 0 aromatic rings. The second kappa shape index (κ2) is 8.92. The van der Waals surface area contributed by atoms with Crippen molar-refractivity contribution in [3.05, 3.63) is 0 Å². The molecule has 0 radical (unpaired) electrons. The first-order chi connectivity index (χ1) is 4.68. The highest BCUT2D eigenvalue weighted by Crippen LogP contribution is 1.89. The standard InChI is InChI=1S/C6H15NO.C2H6/c1-6(2)7(3)4-5-8;1-2/h6,8H,4-5H2,1-3H3;1-2H3. The third-order valence-electron chi connectivity index (χ3n) is 1.33. The average molecular weight is 147 g/mol. The molecule has 0 unspecified atom stereocenters. The van der Waals surface area contributed by atoms with Gasteiger partial charge in [-0.15, -0.1) is 0 Å². The topological polar surface area (TPSA) is 23.5 Å². The number of nitrogens with zero attached hydrogens (tertiary/aromatic N) is 1. The number of likely N-dealkylation sites (N-methyl/N-ethyl adjacent to an activating group) is 1. The molecule has 0 spiro atoms. The summed E-state index contributed by atoms with van der Waals surface area (Å²) in [4.78, 5) is 2.10. The molecule has 0 amide bonds. The Morgan fingerprint density at radius 3 is 1.80 bits per heavy atom. The number of aliphatic hydroxyl groups excluding tert-OH is 1. The molecule has 0 aliphatic rings. The summed E-state index contributed by atoms with van der Waals surface area (Å²) in [6.45, 7) is 9.25. The molecule has 0 bridgehead atoms. The van der Waals surface area contributed by atoms with E-state index in [1.165, 1.54) is 0 Å². The second-order valence-electron chi connectivity index (χ2n) is 2.30. The Balaban J connectivity index is 0. The van der Waals surface area contributed by atoms with Gasteiger partial charge in [-0.1, -0.05) is 13.8 Å². The normalized spacial score (nSPS) is 9.60. The van der Waals surface area contributed by atoms with Gasteiger partial charge in [0.25, 0.3) is 0 Å². The summed E-state index contributed by atoms with van der Waals surface area (Å²) in [5, 5.41) is 8.44. The van der Waals surface area contributed by atoms with Crippen LogP contribution >= 0.6 is 0 Å². The molecule has 0 saturated heterocycles. The van der Waals surface area contributed by atoms with E-state index in [-0.39, 0.29) is 6.61 Å². The van der Waals surface area contributed by atoms with Gasteiger partial charge in [0.05, 0.1) is 6.61 Å². The van der Waals surface area contributed by atoms with Crippen molar-refractivity contribution in [2.24, 2.45) is 0 Å². The summed E-state index contributed by atoms with van der Waals surface area (Å²) in [6.07, 6.45) is 0. The minimum atomic E-state index is 0.259. The van der Waals surface area contributed by atoms with E-state index in [9.17, 15) is 0 Å². The van der Waals surface area contributed by atoms with Gasteiger partial charge in [-0.2, -0.15) is 0 Å². The molecule has 0 rings (SSSR count). The Labute approximate surface area is 64.9 Å². The van der Waals surface area contributed by atoms with Crippen molar-refractivity contribution in [1.29, 1.82) is 0 Å². The minimum absolute atomic E-state index is 0.259. The number of rotatable bonds is 3. The van der Waals surface area contributed by atoms with E-state index in [0.717, 1.165) is 6.54 Å². The Morgan fingerprint density at radius 1 is 1.30 bits per heavy atom. The lowest BCUT2D eigenvalue weighted by Crippen LogP contribution is -2.28. The van der Waals surface area contributed by atoms with Crippen LogP contribution in [-0.2, 0) is 0 Å². The summed E-state index contributed by atoms with van der Waals surface area (Å²) in [5.74, 6) is 0. The molecular formula is C8H21NO. The summed E-state index contributed by atoms with van der Waals surface area (Å²) in [6, 6.07) is 0.544. The van der Waals surface area contributed by atoms with Crippen LogP contribution in [-0.4, -0.2) is 36.2 Å². The third kappa shape index (κ3) is 7.92. The minimum Gasteiger partial charge on any atom is -0.395 e. The Kier molecular flexibility index (Phi) is 11.2. The number of aliphatic hydroxyl groups is 1. The number of hydrogen-bond acceptors (Lipinski definition) is 2. The van der Waals surface area contributed by atoms with E-state index in [2.05, 4.69) is 18.7 Å². The maximum absolute atomic E-state index is 8.44. The molecule has 0 aliphatic heterocycles. The molecule has 0 aromatic heterocycles. The van der Waals surface area contributed by atoms with E-state index < -0.39 is 0 Å². The Hall–Kier alpha value is -0.0800. The first-order valence-electron chi connectivity index (χ1n) is 3.99. The van der Waals surface area contributed by atoms with Gasteiger partial charge >= 0.3 is 0 Å². The van der Waals surface area contributed by atoms with Gasteiger partial charge in [0.1, 0.15) is 0 Å². The van der Waals surface area contributed by atoms with E-state index in [4.69, 9.17) is 5.11 Å². The smallest absolute Gasteiger partial charge is 0.0558 e. The molecule has 0 heterocycles. The van der Waals surface area contributed by atoms with E-state index in [1.807, 2.05) is 20.9 Å². The van der Waals surface area contributed by atoms with Crippen LogP contribution in [0.5, 0.6) is 0 Å². The van der Waals surface area contributed by atoms with Crippen molar-refractivity contribution in [2.75, 3.05) is 20.2 Å². The van der Waals surface area contributed by atoms with Gasteiger partial charge in [0.15, 0.2) is 0 Å². The van der Waals surface area contributed by atoms with Crippen molar-refractivity contribution >= 4 is 0 Å². The highest BCUT2D eigenvalue weighted by Gasteiger charge is 1.98. The summed E-state index contributed by atoms with van der Waals surface area (Å²) in [5.41, 5.74) is 0. The molecule has 0 aromatic carbocycles. The van der Waals surface area contributed by atoms with Crippen LogP contribution in [0.15, 0.2) is 0 Å². The molecule has 10 heavy (non-hydrogen) atoms. The van der Waals surface area contributed by atoms with E-state index in [0.29, 0.717) is 6.04 Å². The van der Waals surface area contributed by atoms with E-state index >= 15 is 0 Å². The van der Waals surface area contributed by atoms with Gasteiger partial charge in [0, 0.05) is 12.6 Å². The van der Waals surface area contributed by atoms with Crippen LogP contribution in [0, 0.1) is 0 Å². The highest BCUT2D eigenvalue weighted by atomic mass is 16.3. The third-order valence-corrected chi connectivity index (χ3v) is 1.33. The van der Waals surface area contributed by atoms with Crippen molar-refractivity contribution in [3.63, 3.8) is 0 Å². The van der Waals surface area contributed by atoms with Crippen LogP contribution < -0.4 is 0 Å². The second-order valence-corrected chi connectivity index (χ2v) is 2.30. The molecule has 64 valence electrons. The first kappa shape index (κ1) is 12.6. The van der Waals surface area contributed by atoms with Crippen molar-refractivity contribution < 1.29 is 5.11 Å². The van der Waals surface area contributed by atoms with Crippen LogP contribution in [0.4, 0.5) is 0 Å². The molecule has 1 N–H and O–H groups in total. The van der Waals surface area contributed by atoms with Gasteiger partial charge < -0.3 is 10.0 Å². The molecule has 0 aliphatic carbocycles. The van der Waals surface area contributed by atoms with Crippen LogP contribution in [0.1, 0.15) is 27.7 Å². The molecule has 0 saturated carbocycles. The van der Waals surface area contributed by atoms with E-state index in [1.54, 1.807) is 0 Å². The lowest BCUT2D eigenvalue weighted by atomic mass is 10.3. The van der Waals surface area contributed by atoms with Crippen molar-refractivity contribution in [3.8, 4) is 0 Å². The first-order valence-corrected chi connectivity index (χ1v) is 3.99. The summed E-state index contributed by atoms with van der Waals surface area (Å²) in [7, 11) is 2.00. The quantitative estimate of drug-likeness (QED) is 0.651. The lowest BCUT2D eigenvalue weighted by molar-refractivity contribution is 0.195. The zero-order valence-corrected chi connectivity index (χ0v) is 7.89. The Bertz CT molecular complexity index is 55.2. The zero-order chi connectivity index (χ0) is 8.57. The monoisotopic (exact) mass is 147 g/mol. The molecule has 0 fully saturated rings. The Morgan fingerprint density at radius 2 is 1.70 bits per heavy atom. The zero-order valence-electron chi connectivity index (χ0n) is 7.89. The molecule has 2 heteroatoms. The summed E-state index contributed by atoms with van der Waals surface area (Å²) >= 11 is 0. The van der Waals surface area contributed by atoms with Crippen LogP contribution in [0.3, 0.4) is 0 Å². The number of hydrogen-bond donors (Lipinski definition) is 1. The van der Waals surface area contributed by atoms with Gasteiger partial charge in [0.2, 0.25) is 0 Å². The van der Waals surface area contributed by atoms with Crippen molar-refractivity contribution in [1.82, 2.24) is 4.90 Å². The maximum Gasteiger partial charge on any atom is 0.0558 e. The predicted molar refractivity (Wildman–Crippen MR) is 46.2 cm³/mol. The summed E-state index contributed by atoms with van der Waals surface area (Å²) < 4.78 is 0. The van der Waals surface area contributed by atoms with Crippen LogP contribution in [0.2, 0.25) is 0 Å². The van der Waals surface area contributed by atoms with Crippen LogP contribution in [0.25, 0.3) is 0 Å². The molecular weight excluding hydrogens is 126 g/mol. The van der Waals surface area contributed by atoms with Gasteiger partial charge in [-0.25, -0.2) is 0 Å². The fourth-order valence-electron chi connectivity index (χ4n) is 0.416. The predicted octanol–water partition coefficient (Wildman–Crippen LogP) is 1.35. The highest BCUT2D eigenvalue weighted by molar-refractivity contribution is 4.53. The van der Waals surface area contributed by atoms with Gasteiger partial charge in [-0.05, 0) is 20.9 Å². The SMILES string of the molecule is CC.CC(C)N(C)CCO. The largest absolute Gasteiger partial charge is 0.395 e. The van der Waals surface area contributed by atoms with Crippen molar-refractivity contribution in [2.45, 2.75) is 33.7 Å². The lowest BCUT2D eigenvalue weighted by Gasteiger charge is -2.18. The molecule has 2 nitrogen and oxygen atoms in total. The van der Waals surface area contributed by atoms with Gasteiger partial charge in [-0.3, -0.25) is 0 Å².